The number of nitrogens with two attached hydrogens (primary N) is 2. The second kappa shape index (κ2) is 3.83. The van der Waals surface area contributed by atoms with Gasteiger partial charge in [0.2, 0.25) is 5.69 Å². The first-order chi connectivity index (χ1) is 6.16. The molecular formula is C5H10N6O2. The molecule has 1 aromatic rings. The van der Waals surface area contributed by atoms with E-state index in [-0.39, 0.29) is 11.5 Å². The van der Waals surface area contributed by atoms with E-state index in [0.717, 1.165) is 5.01 Å². The number of hydrogen-bond donors (Lipinski definition) is 4. The fraction of sp³-hybridized carbons (Fsp3) is 0.400. The lowest BCUT2D eigenvalue weighted by Gasteiger charge is -2.13. The highest BCUT2D eigenvalue weighted by Crippen LogP contribution is 2.09. The summed E-state index contributed by atoms with van der Waals surface area (Å²) in [4.78, 5) is 10.6. The second-order valence-electron chi connectivity index (χ2n) is 2.28. The number of hydrogen-bond acceptors (Lipinski definition) is 6. The Bertz CT molecular complexity index is 297. The number of hydrazine groups is 1. The predicted molar refractivity (Wildman–Crippen MR) is 43.9 cm³/mol. The number of rotatable bonds is 4. The van der Waals surface area contributed by atoms with Gasteiger partial charge in [-0.2, -0.15) is 5.21 Å². The van der Waals surface area contributed by atoms with E-state index >= 15 is 0 Å². The Hall–Kier alpha value is -1.67. The number of aromatic amines is 1. The minimum atomic E-state index is -1.18. The van der Waals surface area contributed by atoms with Crippen LogP contribution >= 0.6 is 0 Å². The van der Waals surface area contributed by atoms with Crippen molar-refractivity contribution >= 4 is 11.8 Å². The molecule has 0 radical (unpaired) electrons. The van der Waals surface area contributed by atoms with E-state index in [1.54, 1.807) is 0 Å². The Morgan fingerprint density at radius 1 is 1.62 bits per heavy atom. The van der Waals surface area contributed by atoms with Crippen LogP contribution in [0, 0.1) is 0 Å². The lowest BCUT2D eigenvalue weighted by molar-refractivity contribution is 0.0691. The van der Waals surface area contributed by atoms with Gasteiger partial charge in [-0.05, 0) is 0 Å². The fourth-order valence-corrected chi connectivity index (χ4v) is 0.814. The van der Waals surface area contributed by atoms with Crippen LogP contribution in [0.5, 0.6) is 0 Å². The van der Waals surface area contributed by atoms with Crippen molar-refractivity contribution in [2.45, 2.75) is 0 Å². The summed E-state index contributed by atoms with van der Waals surface area (Å²) in [7, 11) is 0. The van der Waals surface area contributed by atoms with Gasteiger partial charge in [-0.1, -0.05) is 0 Å². The molecule has 1 aromatic heterocycles. The number of carbonyl (C=O) groups is 1. The third-order valence-electron chi connectivity index (χ3n) is 1.37. The molecule has 0 aliphatic carbocycles. The lowest BCUT2D eigenvalue weighted by Crippen LogP contribution is -2.37. The first kappa shape index (κ1) is 9.42. The van der Waals surface area contributed by atoms with Crippen LogP contribution in [-0.4, -0.2) is 39.6 Å². The van der Waals surface area contributed by atoms with Crippen molar-refractivity contribution in [1.29, 1.82) is 0 Å². The highest BCUT2D eigenvalue weighted by atomic mass is 16.4. The van der Waals surface area contributed by atoms with Gasteiger partial charge in [0.1, 0.15) is 0 Å². The van der Waals surface area contributed by atoms with Crippen molar-refractivity contribution < 1.29 is 9.90 Å². The highest BCUT2D eigenvalue weighted by molar-refractivity contribution is 5.90. The zero-order chi connectivity index (χ0) is 9.84. The van der Waals surface area contributed by atoms with E-state index < -0.39 is 5.97 Å². The molecule has 8 heteroatoms. The molecule has 0 saturated carbocycles. The van der Waals surface area contributed by atoms with E-state index in [4.69, 9.17) is 16.7 Å². The summed E-state index contributed by atoms with van der Waals surface area (Å²) in [5.41, 5.74) is 5.02. The largest absolute Gasteiger partial charge is 0.476 e. The molecule has 1 rings (SSSR count). The summed E-state index contributed by atoms with van der Waals surface area (Å²) in [6.45, 7) is 0.620. The number of anilines is 1. The first-order valence-electron chi connectivity index (χ1n) is 3.53. The molecule has 0 fully saturated rings. The molecule has 6 N–H and O–H groups in total. The molecule has 13 heavy (non-hydrogen) atoms. The molecule has 1 heterocycles. The van der Waals surface area contributed by atoms with Crippen molar-refractivity contribution in [3.63, 3.8) is 0 Å². The summed E-state index contributed by atoms with van der Waals surface area (Å²) in [6.07, 6.45) is 0. The number of H-pyrrole nitrogens is 1. The topological polar surface area (TPSA) is 134 Å². The molecule has 0 aromatic carbocycles. The van der Waals surface area contributed by atoms with Gasteiger partial charge in [0.05, 0.1) is 0 Å². The average Bonchev–Trinajstić information content (AvgIpc) is 2.52. The third kappa shape index (κ3) is 1.92. The van der Waals surface area contributed by atoms with Crippen LogP contribution in [0.2, 0.25) is 0 Å². The normalized spacial score (nSPS) is 10.0. The maximum Gasteiger partial charge on any atom is 0.360 e. The zero-order valence-corrected chi connectivity index (χ0v) is 6.77. The van der Waals surface area contributed by atoms with Crippen molar-refractivity contribution in [2.75, 3.05) is 18.1 Å². The summed E-state index contributed by atoms with van der Waals surface area (Å²) in [5, 5.41) is 18.9. The zero-order valence-electron chi connectivity index (χ0n) is 6.77. The van der Waals surface area contributed by atoms with Gasteiger partial charge in [0, 0.05) is 13.1 Å². The molecule has 0 aliphatic rings. The molecule has 0 unspecified atom stereocenters. The second-order valence-corrected chi connectivity index (χ2v) is 2.28. The highest BCUT2D eigenvalue weighted by Gasteiger charge is 2.18. The number of nitrogens with zero attached hydrogens (tertiary/aromatic N) is 3. The molecule has 8 nitrogen and oxygen atoms in total. The van der Waals surface area contributed by atoms with Crippen LogP contribution in [0.4, 0.5) is 5.82 Å². The molecule has 0 amide bonds. The molecule has 0 spiro atoms. The maximum absolute atomic E-state index is 10.6. The van der Waals surface area contributed by atoms with Crippen LogP contribution in [-0.2, 0) is 0 Å². The van der Waals surface area contributed by atoms with E-state index in [0.29, 0.717) is 13.1 Å². The van der Waals surface area contributed by atoms with Gasteiger partial charge in [-0.15, -0.1) is 10.2 Å². The van der Waals surface area contributed by atoms with Gasteiger partial charge in [0.15, 0.2) is 5.82 Å². The summed E-state index contributed by atoms with van der Waals surface area (Å²) in [5.74, 6) is 4.35. The van der Waals surface area contributed by atoms with Gasteiger partial charge >= 0.3 is 5.97 Å². The lowest BCUT2D eigenvalue weighted by atomic mass is 10.4. The molecule has 0 saturated heterocycles. The molecular weight excluding hydrogens is 176 g/mol. The van der Waals surface area contributed by atoms with Crippen LogP contribution in [0.3, 0.4) is 0 Å². The van der Waals surface area contributed by atoms with Crippen molar-refractivity contribution in [3.05, 3.63) is 5.69 Å². The third-order valence-corrected chi connectivity index (χ3v) is 1.37. The van der Waals surface area contributed by atoms with E-state index in [1.165, 1.54) is 0 Å². The molecule has 72 valence electrons. The standard InChI is InChI=1S/C5H10N6O2/c6-1-2-11(7)4-3(5(12)13)8-10-9-4/h1-2,6-7H2,(H,12,13)(H,8,9,10). The van der Waals surface area contributed by atoms with Gasteiger partial charge in [-0.3, -0.25) is 5.01 Å². The predicted octanol–water partition coefficient (Wildman–Crippen LogP) is -1.86. The van der Waals surface area contributed by atoms with E-state index in [2.05, 4.69) is 15.4 Å². The van der Waals surface area contributed by atoms with Crippen LogP contribution in [0.25, 0.3) is 0 Å². The van der Waals surface area contributed by atoms with Crippen LogP contribution in [0.15, 0.2) is 0 Å². The fourth-order valence-electron chi connectivity index (χ4n) is 0.814. The minimum Gasteiger partial charge on any atom is -0.476 e. The molecule has 0 atom stereocenters. The monoisotopic (exact) mass is 186 g/mol. The van der Waals surface area contributed by atoms with E-state index in [1.807, 2.05) is 0 Å². The van der Waals surface area contributed by atoms with Crippen LogP contribution < -0.4 is 16.6 Å². The van der Waals surface area contributed by atoms with Gasteiger partial charge in [0.25, 0.3) is 0 Å². The number of aromatic nitrogens is 3. The van der Waals surface area contributed by atoms with Crippen molar-refractivity contribution in [2.24, 2.45) is 11.6 Å². The SMILES string of the molecule is NCCN(N)c1n[nH]nc1C(=O)O. The van der Waals surface area contributed by atoms with Gasteiger partial charge < -0.3 is 10.8 Å². The number of aromatic carboxylic acids is 1. The van der Waals surface area contributed by atoms with Crippen molar-refractivity contribution in [1.82, 2.24) is 15.4 Å². The van der Waals surface area contributed by atoms with E-state index in [9.17, 15) is 4.79 Å². The summed E-state index contributed by atoms with van der Waals surface area (Å²) in [6, 6.07) is 0. The molecule has 0 aliphatic heterocycles. The number of nitrogens with one attached hydrogen (secondary N) is 1. The Balaban J connectivity index is 2.86. The Labute approximate surface area is 73.5 Å². The number of carboxylic acids is 1. The first-order valence-corrected chi connectivity index (χ1v) is 3.53. The Morgan fingerprint density at radius 3 is 2.85 bits per heavy atom. The Morgan fingerprint density at radius 2 is 2.31 bits per heavy atom. The average molecular weight is 186 g/mol. The number of carboxylic acid groups (broad SMARTS) is 1. The molecule has 0 bridgehead atoms. The van der Waals surface area contributed by atoms with Gasteiger partial charge in [-0.25, -0.2) is 10.6 Å². The Kier molecular flexibility index (Phi) is 2.77. The van der Waals surface area contributed by atoms with Crippen LogP contribution in [0.1, 0.15) is 10.5 Å². The van der Waals surface area contributed by atoms with Crippen molar-refractivity contribution in [3.8, 4) is 0 Å². The maximum atomic E-state index is 10.6. The smallest absolute Gasteiger partial charge is 0.360 e. The quantitative estimate of drug-likeness (QED) is 0.320. The minimum absolute atomic E-state index is 0.0814. The summed E-state index contributed by atoms with van der Waals surface area (Å²) >= 11 is 0. The summed E-state index contributed by atoms with van der Waals surface area (Å²) < 4.78 is 0.